The predicted octanol–water partition coefficient (Wildman–Crippen LogP) is 1.55. The van der Waals surface area contributed by atoms with Crippen LogP contribution in [0.5, 0.6) is 0 Å². The van der Waals surface area contributed by atoms with E-state index < -0.39 is 22.0 Å². The van der Waals surface area contributed by atoms with Crippen molar-refractivity contribution in [1.82, 2.24) is 4.31 Å². The molecule has 0 radical (unpaired) electrons. The Morgan fingerprint density at radius 3 is 2.83 bits per heavy atom. The van der Waals surface area contributed by atoms with Crippen molar-refractivity contribution in [2.45, 2.75) is 36.4 Å². The van der Waals surface area contributed by atoms with Crippen LogP contribution in [0.1, 0.15) is 24.6 Å². The Balaban J connectivity index is 2.33. The normalized spacial score (nSPS) is 21.3. The molecule has 100 valence electrons. The fraction of sp³-hybridized carbons (Fsp3) is 0.545. The van der Waals surface area contributed by atoms with E-state index in [-0.39, 0.29) is 4.21 Å². The molecule has 1 aliphatic rings. The number of thiophene rings is 1. The summed E-state index contributed by atoms with van der Waals surface area (Å²) in [5, 5.41) is 9.04. The summed E-state index contributed by atoms with van der Waals surface area (Å²) >= 11 is 1.22. The Kier molecular flexibility index (Phi) is 3.74. The van der Waals surface area contributed by atoms with E-state index >= 15 is 0 Å². The van der Waals surface area contributed by atoms with Crippen molar-refractivity contribution < 1.29 is 18.3 Å². The minimum Gasteiger partial charge on any atom is -0.480 e. The van der Waals surface area contributed by atoms with Crippen molar-refractivity contribution in [2.75, 3.05) is 6.54 Å². The van der Waals surface area contributed by atoms with Crippen LogP contribution in [0, 0.1) is 0 Å². The first-order valence-electron chi connectivity index (χ1n) is 5.80. The van der Waals surface area contributed by atoms with Gasteiger partial charge in [-0.25, -0.2) is 8.42 Å². The number of aliphatic carboxylic acids is 1. The fourth-order valence-electron chi connectivity index (χ4n) is 2.08. The summed E-state index contributed by atoms with van der Waals surface area (Å²) in [6, 6.07) is 2.43. The number of rotatable bonds is 4. The van der Waals surface area contributed by atoms with Gasteiger partial charge in [-0.2, -0.15) is 4.31 Å². The lowest BCUT2D eigenvalue weighted by Crippen LogP contribution is -2.40. The van der Waals surface area contributed by atoms with Crippen LogP contribution in [-0.4, -0.2) is 36.4 Å². The van der Waals surface area contributed by atoms with Crippen LogP contribution >= 0.6 is 11.3 Å². The Morgan fingerprint density at radius 2 is 2.28 bits per heavy atom. The maximum Gasteiger partial charge on any atom is 0.322 e. The molecule has 0 aromatic carbocycles. The van der Waals surface area contributed by atoms with Crippen LogP contribution in [0.3, 0.4) is 0 Å². The summed E-state index contributed by atoms with van der Waals surface area (Å²) in [7, 11) is -3.65. The summed E-state index contributed by atoms with van der Waals surface area (Å²) < 4.78 is 26.1. The van der Waals surface area contributed by atoms with E-state index in [2.05, 4.69) is 0 Å². The highest BCUT2D eigenvalue weighted by Gasteiger charge is 2.39. The van der Waals surface area contributed by atoms with Crippen molar-refractivity contribution >= 4 is 27.3 Å². The van der Waals surface area contributed by atoms with Gasteiger partial charge in [-0.05, 0) is 31.4 Å². The van der Waals surface area contributed by atoms with E-state index in [1.54, 1.807) is 12.1 Å². The molecule has 0 saturated carbocycles. The van der Waals surface area contributed by atoms with Gasteiger partial charge >= 0.3 is 5.97 Å². The molecule has 7 heteroatoms. The van der Waals surface area contributed by atoms with Crippen LogP contribution in [0.25, 0.3) is 0 Å². The second-order valence-corrected chi connectivity index (χ2v) is 7.47. The molecule has 0 bridgehead atoms. The molecule has 1 aromatic heterocycles. The summed E-state index contributed by atoms with van der Waals surface area (Å²) in [5.41, 5.74) is 0. The smallest absolute Gasteiger partial charge is 0.322 e. The number of carbonyl (C=O) groups is 1. The quantitative estimate of drug-likeness (QED) is 0.912. The molecule has 1 atom stereocenters. The predicted molar refractivity (Wildman–Crippen MR) is 68.2 cm³/mol. The van der Waals surface area contributed by atoms with E-state index in [9.17, 15) is 13.2 Å². The van der Waals surface area contributed by atoms with E-state index in [0.29, 0.717) is 19.4 Å². The van der Waals surface area contributed by atoms with E-state index in [1.165, 1.54) is 11.3 Å². The average Bonchev–Trinajstić information content (AvgIpc) is 2.98. The third-order valence-electron chi connectivity index (χ3n) is 3.04. The highest BCUT2D eigenvalue weighted by molar-refractivity contribution is 7.91. The number of hydrogen-bond acceptors (Lipinski definition) is 4. The zero-order chi connectivity index (χ0) is 13.3. The fourth-order valence-corrected chi connectivity index (χ4v) is 5.15. The van der Waals surface area contributed by atoms with Gasteiger partial charge in [0.1, 0.15) is 10.3 Å². The van der Waals surface area contributed by atoms with E-state index in [1.807, 2.05) is 6.92 Å². The molecule has 1 aliphatic heterocycles. The van der Waals surface area contributed by atoms with Crippen molar-refractivity contribution in [3.63, 3.8) is 0 Å². The Labute approximate surface area is 110 Å². The maximum atomic E-state index is 12.4. The molecule has 0 amide bonds. The van der Waals surface area contributed by atoms with Crippen LogP contribution in [0.2, 0.25) is 0 Å². The van der Waals surface area contributed by atoms with Gasteiger partial charge in [0, 0.05) is 11.4 Å². The molecule has 1 aromatic rings. The van der Waals surface area contributed by atoms with Gasteiger partial charge in [-0.3, -0.25) is 4.79 Å². The van der Waals surface area contributed by atoms with Crippen LogP contribution in [0.15, 0.2) is 16.3 Å². The highest BCUT2D eigenvalue weighted by atomic mass is 32.2. The lowest BCUT2D eigenvalue weighted by atomic mass is 10.2. The van der Waals surface area contributed by atoms with Gasteiger partial charge in [0.05, 0.1) is 0 Å². The van der Waals surface area contributed by atoms with Crippen LogP contribution in [-0.2, 0) is 21.2 Å². The van der Waals surface area contributed by atoms with E-state index in [0.717, 1.165) is 15.6 Å². The third kappa shape index (κ3) is 2.30. The van der Waals surface area contributed by atoms with Crippen molar-refractivity contribution in [2.24, 2.45) is 0 Å². The molecular formula is C11H15NO4S2. The number of hydrogen-bond donors (Lipinski definition) is 1. The summed E-state index contributed by atoms with van der Waals surface area (Å²) in [6.07, 6.45) is 1.77. The van der Waals surface area contributed by atoms with Crippen LogP contribution in [0.4, 0.5) is 0 Å². The van der Waals surface area contributed by atoms with Gasteiger partial charge in [0.2, 0.25) is 0 Å². The Hall–Kier alpha value is -0.920. The van der Waals surface area contributed by atoms with Gasteiger partial charge in [0.15, 0.2) is 0 Å². The average molecular weight is 289 g/mol. The highest BCUT2D eigenvalue weighted by Crippen LogP contribution is 2.30. The molecule has 0 spiro atoms. The largest absolute Gasteiger partial charge is 0.480 e. The molecule has 0 aliphatic carbocycles. The topological polar surface area (TPSA) is 74.7 Å². The molecule has 1 N–H and O–H groups in total. The van der Waals surface area contributed by atoms with Gasteiger partial charge in [-0.15, -0.1) is 11.3 Å². The monoisotopic (exact) mass is 289 g/mol. The van der Waals surface area contributed by atoms with Crippen molar-refractivity contribution in [1.29, 1.82) is 0 Å². The number of nitrogens with zero attached hydrogens (tertiary/aromatic N) is 1. The molecular weight excluding hydrogens is 274 g/mol. The zero-order valence-electron chi connectivity index (χ0n) is 10.00. The summed E-state index contributed by atoms with van der Waals surface area (Å²) in [5.74, 6) is -1.07. The maximum absolute atomic E-state index is 12.4. The minimum atomic E-state index is -3.65. The zero-order valence-corrected chi connectivity index (χ0v) is 11.6. The third-order valence-corrected chi connectivity index (χ3v) is 6.64. The molecule has 1 fully saturated rings. The minimum absolute atomic E-state index is 0.243. The second-order valence-electron chi connectivity index (χ2n) is 4.19. The number of aryl methyl sites for hydroxylation is 1. The van der Waals surface area contributed by atoms with Crippen molar-refractivity contribution in [3.8, 4) is 0 Å². The first-order chi connectivity index (χ1) is 8.46. The molecule has 1 saturated heterocycles. The lowest BCUT2D eigenvalue weighted by molar-refractivity contribution is -0.140. The SMILES string of the molecule is CCc1ccc(S(=O)(=O)N2CCC[C@@H]2C(=O)O)s1. The number of sulfonamides is 1. The molecule has 0 unspecified atom stereocenters. The number of carboxylic acids is 1. The van der Waals surface area contributed by atoms with Gasteiger partial charge < -0.3 is 5.11 Å². The standard InChI is InChI=1S/C11H15NO4S2/c1-2-8-5-6-10(17-8)18(15,16)12-7-3-4-9(12)11(13)14/h5-6,9H,2-4,7H2,1H3,(H,13,14)/t9-/m1/s1. The lowest BCUT2D eigenvalue weighted by Gasteiger charge is -2.19. The van der Waals surface area contributed by atoms with Crippen molar-refractivity contribution in [3.05, 3.63) is 17.0 Å². The molecule has 2 rings (SSSR count). The first kappa shape index (κ1) is 13.5. The molecule has 2 heterocycles. The Morgan fingerprint density at radius 1 is 1.56 bits per heavy atom. The van der Waals surface area contributed by atoms with Gasteiger partial charge in [-0.1, -0.05) is 6.92 Å². The van der Waals surface area contributed by atoms with E-state index in [4.69, 9.17) is 5.11 Å². The molecule has 5 nitrogen and oxygen atoms in total. The summed E-state index contributed by atoms with van der Waals surface area (Å²) in [6.45, 7) is 2.25. The molecule has 18 heavy (non-hydrogen) atoms. The second kappa shape index (κ2) is 4.99. The number of carboxylic acid groups (broad SMARTS) is 1. The Bertz CT molecular complexity index is 549. The van der Waals surface area contributed by atoms with Crippen LogP contribution < -0.4 is 0 Å². The first-order valence-corrected chi connectivity index (χ1v) is 8.06. The van der Waals surface area contributed by atoms with Gasteiger partial charge in [0.25, 0.3) is 10.0 Å². The summed E-state index contributed by atoms with van der Waals surface area (Å²) in [4.78, 5) is 12.0.